The van der Waals surface area contributed by atoms with Gasteiger partial charge in [0.2, 0.25) is 11.8 Å². The maximum Gasteiger partial charge on any atom is 0.220 e. The van der Waals surface area contributed by atoms with Crippen molar-refractivity contribution >= 4 is 5.91 Å². The van der Waals surface area contributed by atoms with Gasteiger partial charge >= 0.3 is 0 Å². The lowest BCUT2D eigenvalue weighted by molar-refractivity contribution is -0.121. The van der Waals surface area contributed by atoms with Crippen molar-refractivity contribution in [3.8, 4) is 5.88 Å². The molecule has 0 unspecified atom stereocenters. The number of nitrogens with one attached hydrogen (secondary N) is 1. The second-order valence-electron chi connectivity index (χ2n) is 5.17. The van der Waals surface area contributed by atoms with E-state index in [4.69, 9.17) is 4.74 Å². The zero-order chi connectivity index (χ0) is 13.5. The molecule has 0 aliphatic heterocycles. The summed E-state index contributed by atoms with van der Waals surface area (Å²) < 4.78 is 4.99. The summed E-state index contributed by atoms with van der Waals surface area (Å²) in [6, 6.07) is 3.73. The third-order valence-electron chi connectivity index (χ3n) is 3.75. The van der Waals surface area contributed by atoms with Gasteiger partial charge in [0, 0.05) is 25.2 Å². The largest absolute Gasteiger partial charge is 0.481 e. The standard InChI is InChI=1S/C15H22N2O2/c1-19-15-9-7-13(11-17-15)10-16-14(18)8-6-12-4-2-3-5-12/h7,9,11-12H,2-6,8,10H2,1H3,(H,16,18). The van der Waals surface area contributed by atoms with E-state index in [2.05, 4.69) is 10.3 Å². The number of pyridine rings is 1. The minimum absolute atomic E-state index is 0.141. The molecule has 0 spiro atoms. The van der Waals surface area contributed by atoms with Gasteiger partial charge < -0.3 is 10.1 Å². The summed E-state index contributed by atoms with van der Waals surface area (Å²) >= 11 is 0. The Morgan fingerprint density at radius 3 is 2.84 bits per heavy atom. The van der Waals surface area contributed by atoms with Gasteiger partial charge in [-0.25, -0.2) is 4.98 Å². The van der Waals surface area contributed by atoms with Gasteiger partial charge in [0.1, 0.15) is 0 Å². The number of rotatable bonds is 6. The number of methoxy groups -OCH3 is 1. The summed E-state index contributed by atoms with van der Waals surface area (Å²) in [4.78, 5) is 15.9. The Balaban J connectivity index is 1.67. The highest BCUT2D eigenvalue weighted by Crippen LogP contribution is 2.28. The molecule has 104 valence electrons. The lowest BCUT2D eigenvalue weighted by Gasteiger charge is -2.09. The summed E-state index contributed by atoms with van der Waals surface area (Å²) in [5.74, 6) is 1.51. The predicted octanol–water partition coefficient (Wildman–Crippen LogP) is 2.68. The average Bonchev–Trinajstić information content (AvgIpc) is 2.96. The van der Waals surface area contributed by atoms with Crippen molar-refractivity contribution in [3.63, 3.8) is 0 Å². The molecular formula is C15H22N2O2. The van der Waals surface area contributed by atoms with Crippen molar-refractivity contribution in [3.05, 3.63) is 23.9 Å². The van der Waals surface area contributed by atoms with Crippen LogP contribution in [0.1, 0.15) is 44.1 Å². The first-order valence-corrected chi connectivity index (χ1v) is 7.03. The molecule has 1 N–H and O–H groups in total. The second kappa shape index (κ2) is 7.12. The molecule has 1 aromatic rings. The monoisotopic (exact) mass is 262 g/mol. The molecule has 4 nitrogen and oxygen atoms in total. The summed E-state index contributed by atoms with van der Waals surface area (Å²) in [5.41, 5.74) is 0.995. The fourth-order valence-electron chi connectivity index (χ4n) is 2.56. The minimum atomic E-state index is 0.141. The first kappa shape index (κ1) is 13.8. The Bertz CT molecular complexity index is 397. The van der Waals surface area contributed by atoms with Crippen LogP contribution in [0.4, 0.5) is 0 Å². The van der Waals surface area contributed by atoms with Crippen LogP contribution in [0, 0.1) is 5.92 Å². The average molecular weight is 262 g/mol. The summed E-state index contributed by atoms with van der Waals surface area (Å²) in [6.07, 6.45) is 8.69. The number of carbonyl (C=O) groups excluding carboxylic acids is 1. The molecule has 1 aliphatic carbocycles. The topological polar surface area (TPSA) is 51.2 Å². The van der Waals surface area contributed by atoms with E-state index in [9.17, 15) is 4.79 Å². The highest BCUT2D eigenvalue weighted by Gasteiger charge is 2.15. The van der Waals surface area contributed by atoms with E-state index in [1.54, 1.807) is 19.4 Å². The minimum Gasteiger partial charge on any atom is -0.481 e. The van der Waals surface area contributed by atoms with E-state index in [0.29, 0.717) is 18.8 Å². The molecular weight excluding hydrogens is 240 g/mol. The van der Waals surface area contributed by atoms with Gasteiger partial charge in [0.15, 0.2) is 0 Å². The Morgan fingerprint density at radius 1 is 1.42 bits per heavy atom. The smallest absolute Gasteiger partial charge is 0.220 e. The van der Waals surface area contributed by atoms with Gasteiger partial charge in [0.05, 0.1) is 7.11 Å². The molecule has 1 fully saturated rings. The Morgan fingerprint density at radius 2 is 2.21 bits per heavy atom. The molecule has 0 bridgehead atoms. The maximum absolute atomic E-state index is 11.7. The highest BCUT2D eigenvalue weighted by molar-refractivity contribution is 5.75. The van der Waals surface area contributed by atoms with Crippen molar-refractivity contribution in [2.24, 2.45) is 5.92 Å². The molecule has 0 saturated heterocycles. The fraction of sp³-hybridized carbons (Fsp3) is 0.600. The molecule has 1 saturated carbocycles. The number of hydrogen-bond acceptors (Lipinski definition) is 3. The first-order valence-electron chi connectivity index (χ1n) is 7.03. The van der Waals surface area contributed by atoms with Crippen LogP contribution in [0.2, 0.25) is 0 Å². The number of amides is 1. The Kier molecular flexibility index (Phi) is 5.19. The molecule has 1 aliphatic rings. The van der Waals surface area contributed by atoms with Crippen LogP contribution in [-0.2, 0) is 11.3 Å². The third-order valence-corrected chi connectivity index (χ3v) is 3.75. The number of carbonyl (C=O) groups is 1. The molecule has 4 heteroatoms. The van der Waals surface area contributed by atoms with Crippen LogP contribution in [0.25, 0.3) is 0 Å². The van der Waals surface area contributed by atoms with Gasteiger partial charge in [-0.2, -0.15) is 0 Å². The Labute approximate surface area is 114 Å². The van der Waals surface area contributed by atoms with Gasteiger partial charge in [-0.1, -0.05) is 31.7 Å². The van der Waals surface area contributed by atoms with Gasteiger partial charge in [-0.3, -0.25) is 4.79 Å². The molecule has 1 aromatic heterocycles. The summed E-state index contributed by atoms with van der Waals surface area (Å²) in [6.45, 7) is 0.542. The number of ether oxygens (including phenoxy) is 1. The quantitative estimate of drug-likeness (QED) is 0.857. The van der Waals surface area contributed by atoms with E-state index in [1.165, 1.54) is 25.7 Å². The fourth-order valence-corrected chi connectivity index (χ4v) is 2.56. The second-order valence-corrected chi connectivity index (χ2v) is 5.17. The van der Waals surface area contributed by atoms with Crippen LogP contribution >= 0.6 is 0 Å². The number of nitrogens with zero attached hydrogens (tertiary/aromatic N) is 1. The molecule has 19 heavy (non-hydrogen) atoms. The number of aromatic nitrogens is 1. The van der Waals surface area contributed by atoms with Crippen molar-refractivity contribution in [1.29, 1.82) is 0 Å². The van der Waals surface area contributed by atoms with Gasteiger partial charge in [-0.15, -0.1) is 0 Å². The summed E-state index contributed by atoms with van der Waals surface area (Å²) in [5, 5.41) is 2.94. The zero-order valence-corrected chi connectivity index (χ0v) is 11.5. The maximum atomic E-state index is 11.7. The number of hydrogen-bond donors (Lipinski definition) is 1. The lowest BCUT2D eigenvalue weighted by atomic mass is 10.0. The molecule has 0 atom stereocenters. The third kappa shape index (κ3) is 4.54. The van der Waals surface area contributed by atoms with Crippen molar-refractivity contribution in [1.82, 2.24) is 10.3 Å². The molecule has 1 amide bonds. The predicted molar refractivity (Wildman–Crippen MR) is 73.8 cm³/mol. The van der Waals surface area contributed by atoms with Crippen LogP contribution in [0.3, 0.4) is 0 Å². The normalized spacial score (nSPS) is 15.4. The lowest BCUT2D eigenvalue weighted by Crippen LogP contribution is -2.23. The van der Waals surface area contributed by atoms with Crippen LogP contribution < -0.4 is 10.1 Å². The zero-order valence-electron chi connectivity index (χ0n) is 11.5. The van der Waals surface area contributed by atoms with Crippen molar-refractivity contribution in [2.75, 3.05) is 7.11 Å². The van der Waals surface area contributed by atoms with Crippen LogP contribution in [0.15, 0.2) is 18.3 Å². The van der Waals surface area contributed by atoms with E-state index in [-0.39, 0.29) is 5.91 Å². The van der Waals surface area contributed by atoms with Crippen molar-refractivity contribution < 1.29 is 9.53 Å². The van der Waals surface area contributed by atoms with E-state index < -0.39 is 0 Å². The summed E-state index contributed by atoms with van der Waals surface area (Å²) in [7, 11) is 1.59. The molecule has 0 radical (unpaired) electrons. The van der Waals surface area contributed by atoms with Crippen molar-refractivity contribution in [2.45, 2.75) is 45.1 Å². The first-order chi connectivity index (χ1) is 9.28. The van der Waals surface area contributed by atoms with E-state index in [1.807, 2.05) is 6.07 Å². The Hall–Kier alpha value is -1.58. The molecule has 1 heterocycles. The van der Waals surface area contributed by atoms with E-state index >= 15 is 0 Å². The van der Waals surface area contributed by atoms with Crippen LogP contribution in [-0.4, -0.2) is 18.0 Å². The SMILES string of the molecule is COc1ccc(CNC(=O)CCC2CCCC2)cn1. The molecule has 0 aromatic carbocycles. The van der Waals surface area contributed by atoms with E-state index in [0.717, 1.165) is 17.9 Å². The highest BCUT2D eigenvalue weighted by atomic mass is 16.5. The van der Waals surface area contributed by atoms with Crippen LogP contribution in [0.5, 0.6) is 5.88 Å². The van der Waals surface area contributed by atoms with Gasteiger partial charge in [0.25, 0.3) is 0 Å². The molecule has 2 rings (SSSR count). The van der Waals surface area contributed by atoms with Gasteiger partial charge in [-0.05, 0) is 17.9 Å².